The maximum atomic E-state index is 14.0. The van der Waals surface area contributed by atoms with E-state index < -0.39 is 11.5 Å². The zero-order chi connectivity index (χ0) is 10.9. The Labute approximate surface area is 92.4 Å². The van der Waals surface area contributed by atoms with Crippen LogP contribution in [0, 0.1) is 5.82 Å². The quantitative estimate of drug-likeness (QED) is 0.825. The van der Waals surface area contributed by atoms with E-state index in [1.807, 2.05) is 0 Å². The lowest BCUT2D eigenvalue weighted by Gasteiger charge is -2.18. The molecule has 15 heavy (non-hydrogen) atoms. The summed E-state index contributed by atoms with van der Waals surface area (Å²) in [4.78, 5) is 0. The Morgan fingerprint density at radius 1 is 1.47 bits per heavy atom. The van der Waals surface area contributed by atoms with Gasteiger partial charge in [0.25, 0.3) is 0 Å². The van der Waals surface area contributed by atoms with Crippen molar-refractivity contribution in [1.29, 1.82) is 0 Å². The maximum absolute atomic E-state index is 14.0. The molecule has 82 valence electrons. The van der Waals surface area contributed by atoms with Crippen LogP contribution >= 0.6 is 11.6 Å². The zero-order valence-corrected chi connectivity index (χ0v) is 8.95. The molecule has 0 radical (unpaired) electrons. The van der Waals surface area contributed by atoms with Gasteiger partial charge in [-0.25, -0.2) is 8.78 Å². The summed E-state index contributed by atoms with van der Waals surface area (Å²) in [6.07, 6.45) is 0.794. The summed E-state index contributed by atoms with van der Waals surface area (Å²) >= 11 is 5.63. The van der Waals surface area contributed by atoms with E-state index in [-0.39, 0.29) is 5.02 Å². The van der Waals surface area contributed by atoms with Crippen LogP contribution in [0.25, 0.3) is 0 Å². The van der Waals surface area contributed by atoms with Crippen molar-refractivity contribution in [3.8, 4) is 0 Å². The molecule has 1 N–H and O–H groups in total. The van der Waals surface area contributed by atoms with E-state index in [1.165, 1.54) is 12.1 Å². The summed E-state index contributed by atoms with van der Waals surface area (Å²) in [6, 6.07) is 4.36. The molecular weight excluding hydrogens is 220 g/mol. The van der Waals surface area contributed by atoms with Crippen LogP contribution in [-0.2, 0) is 6.42 Å². The fourth-order valence-electron chi connectivity index (χ4n) is 1.88. The van der Waals surface area contributed by atoms with Crippen molar-refractivity contribution < 1.29 is 8.78 Å². The van der Waals surface area contributed by atoms with Crippen LogP contribution < -0.4 is 5.32 Å². The summed E-state index contributed by atoms with van der Waals surface area (Å²) in [5.41, 5.74) is -0.464. The monoisotopic (exact) mass is 231 g/mol. The first-order valence-corrected chi connectivity index (χ1v) is 5.30. The van der Waals surface area contributed by atoms with E-state index in [2.05, 4.69) is 5.32 Å². The van der Waals surface area contributed by atoms with Gasteiger partial charge in [-0.1, -0.05) is 17.7 Å². The molecule has 4 heteroatoms. The molecule has 0 aliphatic carbocycles. The number of hydrogen-bond donors (Lipinski definition) is 1. The van der Waals surface area contributed by atoms with Gasteiger partial charge in [-0.05, 0) is 30.7 Å². The third kappa shape index (κ3) is 2.47. The van der Waals surface area contributed by atoms with Crippen LogP contribution in [0.5, 0.6) is 0 Å². The SMILES string of the molecule is Fc1ccc(C[C@@]2(F)CCNC2)cc1Cl. The van der Waals surface area contributed by atoms with Gasteiger partial charge in [0.05, 0.1) is 5.02 Å². The first kappa shape index (κ1) is 10.8. The van der Waals surface area contributed by atoms with Crippen LogP contribution in [0.15, 0.2) is 18.2 Å². The zero-order valence-electron chi connectivity index (χ0n) is 8.19. The van der Waals surface area contributed by atoms with Crippen LogP contribution in [-0.4, -0.2) is 18.8 Å². The first-order valence-electron chi connectivity index (χ1n) is 4.93. The third-order valence-corrected chi connectivity index (χ3v) is 2.99. The van der Waals surface area contributed by atoms with Gasteiger partial charge in [0, 0.05) is 13.0 Å². The van der Waals surface area contributed by atoms with E-state index in [4.69, 9.17) is 11.6 Å². The fraction of sp³-hybridized carbons (Fsp3) is 0.455. The Balaban J connectivity index is 2.13. The van der Waals surface area contributed by atoms with Crippen molar-refractivity contribution in [2.75, 3.05) is 13.1 Å². The van der Waals surface area contributed by atoms with Gasteiger partial charge in [-0.15, -0.1) is 0 Å². The third-order valence-electron chi connectivity index (χ3n) is 2.70. The topological polar surface area (TPSA) is 12.0 Å². The predicted molar refractivity (Wildman–Crippen MR) is 56.4 cm³/mol. The minimum atomic E-state index is -1.21. The fourth-order valence-corrected chi connectivity index (χ4v) is 2.08. The smallest absolute Gasteiger partial charge is 0.141 e. The predicted octanol–water partition coefficient (Wildman–Crippen LogP) is 2.72. The number of alkyl halides is 1. The number of halogens is 3. The highest BCUT2D eigenvalue weighted by Crippen LogP contribution is 2.26. The molecule has 1 aromatic rings. The average Bonchev–Trinajstić information content (AvgIpc) is 2.59. The van der Waals surface area contributed by atoms with Gasteiger partial charge >= 0.3 is 0 Å². The van der Waals surface area contributed by atoms with E-state index in [9.17, 15) is 8.78 Å². The largest absolute Gasteiger partial charge is 0.313 e. The van der Waals surface area contributed by atoms with Gasteiger partial charge in [0.1, 0.15) is 11.5 Å². The second-order valence-corrected chi connectivity index (χ2v) is 4.41. The van der Waals surface area contributed by atoms with Crippen molar-refractivity contribution in [2.45, 2.75) is 18.5 Å². The summed E-state index contributed by atoms with van der Waals surface area (Å²) in [5.74, 6) is -0.460. The summed E-state index contributed by atoms with van der Waals surface area (Å²) < 4.78 is 26.9. The number of benzene rings is 1. The standard InChI is InChI=1S/C11H12ClF2N/c12-9-5-8(1-2-10(9)13)6-11(14)3-4-15-7-11/h1-2,5,15H,3-4,6-7H2/t11-/m0/s1. The van der Waals surface area contributed by atoms with Crippen LogP contribution in [0.1, 0.15) is 12.0 Å². The molecule has 0 unspecified atom stereocenters. The highest BCUT2D eigenvalue weighted by molar-refractivity contribution is 6.30. The second-order valence-electron chi connectivity index (χ2n) is 4.00. The van der Waals surface area contributed by atoms with Gasteiger partial charge in [0.15, 0.2) is 0 Å². The van der Waals surface area contributed by atoms with Crippen molar-refractivity contribution in [3.05, 3.63) is 34.6 Å². The van der Waals surface area contributed by atoms with Gasteiger partial charge in [-0.3, -0.25) is 0 Å². The highest BCUT2D eigenvalue weighted by atomic mass is 35.5. The van der Waals surface area contributed by atoms with Gasteiger partial charge < -0.3 is 5.32 Å². The van der Waals surface area contributed by atoms with E-state index >= 15 is 0 Å². The Morgan fingerprint density at radius 3 is 2.87 bits per heavy atom. The second kappa shape index (κ2) is 4.06. The Morgan fingerprint density at radius 2 is 2.27 bits per heavy atom. The Hall–Kier alpha value is -0.670. The molecule has 1 fully saturated rings. The maximum Gasteiger partial charge on any atom is 0.141 e. The lowest BCUT2D eigenvalue weighted by Crippen LogP contribution is -2.28. The van der Waals surface area contributed by atoms with Crippen molar-refractivity contribution >= 4 is 11.6 Å². The normalized spacial score (nSPS) is 25.8. The minimum absolute atomic E-state index is 0.0575. The van der Waals surface area contributed by atoms with Crippen LogP contribution in [0.3, 0.4) is 0 Å². The molecule has 0 spiro atoms. The average molecular weight is 232 g/mol. The molecule has 2 rings (SSSR count). The lowest BCUT2D eigenvalue weighted by atomic mass is 9.95. The molecule has 0 saturated carbocycles. The lowest BCUT2D eigenvalue weighted by molar-refractivity contribution is 0.190. The molecular formula is C11H12ClF2N. The highest BCUT2D eigenvalue weighted by Gasteiger charge is 2.33. The van der Waals surface area contributed by atoms with E-state index in [0.29, 0.717) is 25.9 Å². The number of hydrogen-bond acceptors (Lipinski definition) is 1. The molecule has 0 aromatic heterocycles. The van der Waals surface area contributed by atoms with Crippen molar-refractivity contribution in [3.63, 3.8) is 0 Å². The van der Waals surface area contributed by atoms with Crippen LogP contribution in [0.4, 0.5) is 8.78 Å². The molecule has 1 aliphatic rings. The number of nitrogens with one attached hydrogen (secondary N) is 1. The van der Waals surface area contributed by atoms with Gasteiger partial charge in [0.2, 0.25) is 0 Å². The molecule has 1 atom stereocenters. The summed E-state index contributed by atoms with van der Waals surface area (Å²) in [7, 11) is 0. The van der Waals surface area contributed by atoms with Crippen molar-refractivity contribution in [2.24, 2.45) is 0 Å². The molecule has 0 amide bonds. The van der Waals surface area contributed by atoms with Crippen molar-refractivity contribution in [1.82, 2.24) is 5.32 Å². The molecule has 1 nitrogen and oxygen atoms in total. The summed E-state index contributed by atoms with van der Waals surface area (Å²) in [6.45, 7) is 1.06. The van der Waals surface area contributed by atoms with Crippen LogP contribution in [0.2, 0.25) is 5.02 Å². The number of rotatable bonds is 2. The van der Waals surface area contributed by atoms with Gasteiger partial charge in [-0.2, -0.15) is 0 Å². The Bertz CT molecular complexity index is 362. The first-order chi connectivity index (χ1) is 7.09. The molecule has 1 aromatic carbocycles. The Kier molecular flexibility index (Phi) is 2.94. The van der Waals surface area contributed by atoms with E-state index in [1.54, 1.807) is 6.07 Å². The molecule has 1 aliphatic heterocycles. The van der Waals surface area contributed by atoms with E-state index in [0.717, 1.165) is 5.56 Å². The summed E-state index contributed by atoms with van der Waals surface area (Å²) in [5, 5.41) is 3.03. The molecule has 0 bridgehead atoms. The molecule has 1 heterocycles. The molecule has 1 saturated heterocycles. The minimum Gasteiger partial charge on any atom is -0.313 e.